The van der Waals surface area contributed by atoms with Gasteiger partial charge in [0.05, 0.1) is 17.4 Å². The van der Waals surface area contributed by atoms with Crippen LogP contribution in [0.25, 0.3) is 21.4 Å². The maximum Gasteiger partial charge on any atom is 0.396 e. The lowest BCUT2D eigenvalue weighted by Crippen LogP contribution is -2.08. The van der Waals surface area contributed by atoms with Crippen LogP contribution in [0.15, 0.2) is 69.9 Å². The summed E-state index contributed by atoms with van der Waals surface area (Å²) < 4.78 is 16.6. The second-order valence-corrected chi connectivity index (χ2v) is 7.21. The van der Waals surface area contributed by atoms with E-state index >= 15 is 0 Å². The third kappa shape index (κ3) is 3.54. The highest BCUT2D eigenvalue weighted by Gasteiger charge is 2.16. The van der Waals surface area contributed by atoms with E-state index in [1.807, 2.05) is 31.2 Å². The smallest absolute Gasteiger partial charge is 0.396 e. The van der Waals surface area contributed by atoms with E-state index in [0.717, 1.165) is 22.5 Å². The minimum Gasteiger partial charge on any atom is -0.497 e. The number of fused-ring (bicyclic) bond motifs is 1. The molecule has 0 saturated heterocycles. The van der Waals surface area contributed by atoms with E-state index in [9.17, 15) is 9.59 Å². The number of methoxy groups -OCH3 is 1. The second kappa shape index (κ2) is 7.32. The summed E-state index contributed by atoms with van der Waals surface area (Å²) in [7, 11) is 1.56. The molecule has 0 N–H and O–H groups in total. The van der Waals surface area contributed by atoms with Crippen LogP contribution in [0.3, 0.4) is 0 Å². The molecule has 0 aliphatic carbocycles. The predicted octanol–water partition coefficient (Wildman–Crippen LogP) is 5.06. The normalized spacial score (nSPS) is 10.8. The number of aryl methyl sites for hydroxylation is 1. The number of carbonyl (C=O) groups is 1. The molecule has 4 aromatic rings. The highest BCUT2D eigenvalue weighted by molar-refractivity contribution is 7.16. The van der Waals surface area contributed by atoms with E-state index < -0.39 is 10.9 Å². The van der Waals surface area contributed by atoms with E-state index in [1.54, 1.807) is 43.5 Å². The first-order valence-electron chi connectivity index (χ1n) is 8.54. The van der Waals surface area contributed by atoms with Crippen LogP contribution in [0.1, 0.15) is 15.9 Å². The Morgan fingerprint density at radius 2 is 1.68 bits per heavy atom. The monoisotopic (exact) mass is 392 g/mol. The van der Waals surface area contributed by atoms with E-state index in [0.29, 0.717) is 32.9 Å². The van der Waals surface area contributed by atoms with Crippen molar-refractivity contribution in [3.05, 3.63) is 81.5 Å². The second-order valence-electron chi connectivity index (χ2n) is 6.24. The Morgan fingerprint density at radius 1 is 0.964 bits per heavy atom. The number of hydrogen-bond donors (Lipinski definition) is 0. The summed E-state index contributed by atoms with van der Waals surface area (Å²) in [5.74, 6) is 0.511. The van der Waals surface area contributed by atoms with Crippen molar-refractivity contribution < 1.29 is 18.7 Å². The van der Waals surface area contributed by atoms with Crippen molar-refractivity contribution in [2.24, 2.45) is 0 Å². The molecular weight excluding hydrogens is 376 g/mol. The largest absolute Gasteiger partial charge is 0.497 e. The first-order chi connectivity index (χ1) is 13.5. The first kappa shape index (κ1) is 18.0. The fraction of sp³-hybridized carbons (Fsp3) is 0.0909. The Bertz CT molecular complexity index is 1200. The number of rotatable bonds is 4. The topological polar surface area (TPSA) is 65.7 Å². The minimum absolute atomic E-state index is 0.348. The fourth-order valence-corrected chi connectivity index (χ4v) is 3.58. The summed E-state index contributed by atoms with van der Waals surface area (Å²) in [6.07, 6.45) is 0. The standard InChI is InChI=1S/C22H16O5S/c1-13-3-5-14(6-4-13)18-11-17(12-19-20(18)27-22(24)28-19)26-21(23)15-7-9-16(25-2)10-8-15/h3-12H,1-2H3. The van der Waals surface area contributed by atoms with Gasteiger partial charge in [0, 0.05) is 11.6 Å². The molecule has 1 aromatic heterocycles. The summed E-state index contributed by atoms with van der Waals surface area (Å²) >= 11 is 0.976. The van der Waals surface area contributed by atoms with E-state index in [1.165, 1.54) is 0 Å². The molecule has 0 aliphatic rings. The SMILES string of the molecule is COc1ccc(C(=O)Oc2cc(-c3ccc(C)cc3)c3oc(=O)sc3c2)cc1. The molecule has 0 spiro atoms. The Labute approximate surface area is 164 Å². The Hall–Kier alpha value is -3.38. The Balaban J connectivity index is 1.73. The predicted molar refractivity (Wildman–Crippen MR) is 108 cm³/mol. The molecule has 4 rings (SSSR count). The van der Waals surface area contributed by atoms with Gasteiger partial charge in [0.25, 0.3) is 0 Å². The summed E-state index contributed by atoms with van der Waals surface area (Å²) in [5, 5.41) is 0. The van der Waals surface area contributed by atoms with Crippen LogP contribution in [-0.2, 0) is 0 Å². The van der Waals surface area contributed by atoms with Crippen LogP contribution in [0.5, 0.6) is 11.5 Å². The van der Waals surface area contributed by atoms with Gasteiger partial charge in [-0.1, -0.05) is 41.2 Å². The van der Waals surface area contributed by atoms with Gasteiger partial charge in [-0.3, -0.25) is 0 Å². The lowest BCUT2D eigenvalue weighted by molar-refractivity contribution is 0.0735. The van der Waals surface area contributed by atoms with Gasteiger partial charge in [-0.2, -0.15) is 0 Å². The lowest BCUT2D eigenvalue weighted by atomic mass is 10.0. The molecule has 6 heteroatoms. The molecule has 0 radical (unpaired) electrons. The van der Waals surface area contributed by atoms with E-state index in [4.69, 9.17) is 13.9 Å². The molecule has 0 amide bonds. The number of carbonyl (C=O) groups excluding carboxylic acids is 1. The quantitative estimate of drug-likeness (QED) is 0.359. The van der Waals surface area contributed by atoms with Gasteiger partial charge in [-0.05, 0) is 42.8 Å². The minimum atomic E-state index is -0.493. The summed E-state index contributed by atoms with van der Waals surface area (Å²) in [6, 6.07) is 17.8. The number of ether oxygens (including phenoxy) is 2. The van der Waals surface area contributed by atoms with Gasteiger partial charge in [-0.25, -0.2) is 9.59 Å². The van der Waals surface area contributed by atoms with Crippen molar-refractivity contribution in [1.82, 2.24) is 0 Å². The maximum absolute atomic E-state index is 12.5. The third-order valence-corrected chi connectivity index (χ3v) is 5.08. The maximum atomic E-state index is 12.5. The van der Waals surface area contributed by atoms with E-state index in [-0.39, 0.29) is 0 Å². The molecule has 5 nitrogen and oxygen atoms in total. The average molecular weight is 392 g/mol. The number of esters is 1. The molecule has 3 aromatic carbocycles. The van der Waals surface area contributed by atoms with Crippen LogP contribution in [-0.4, -0.2) is 13.1 Å². The summed E-state index contributed by atoms with van der Waals surface area (Å²) in [6.45, 7) is 2.00. The molecule has 1 heterocycles. The fourth-order valence-electron chi connectivity index (χ4n) is 2.85. The zero-order valence-corrected chi connectivity index (χ0v) is 16.0. The highest BCUT2D eigenvalue weighted by atomic mass is 32.1. The molecule has 0 aliphatic heterocycles. The first-order valence-corrected chi connectivity index (χ1v) is 9.36. The van der Waals surface area contributed by atoms with Gasteiger partial charge in [0.2, 0.25) is 0 Å². The molecule has 0 fully saturated rings. The molecule has 0 unspecified atom stereocenters. The number of hydrogen-bond acceptors (Lipinski definition) is 6. The lowest BCUT2D eigenvalue weighted by Gasteiger charge is -2.08. The zero-order chi connectivity index (χ0) is 19.7. The molecule has 0 bridgehead atoms. The van der Waals surface area contributed by atoms with E-state index in [2.05, 4.69) is 0 Å². The van der Waals surface area contributed by atoms with Crippen LogP contribution in [0.4, 0.5) is 0 Å². The Morgan fingerprint density at radius 3 is 2.36 bits per heavy atom. The van der Waals surface area contributed by atoms with Crippen LogP contribution in [0, 0.1) is 6.92 Å². The van der Waals surface area contributed by atoms with Crippen molar-refractivity contribution in [2.75, 3.05) is 7.11 Å². The van der Waals surface area contributed by atoms with Crippen molar-refractivity contribution in [3.8, 4) is 22.6 Å². The Kier molecular flexibility index (Phi) is 4.71. The van der Waals surface area contributed by atoms with Gasteiger partial charge in [0.15, 0.2) is 5.58 Å². The molecule has 0 saturated carbocycles. The molecular formula is C22H16O5S. The van der Waals surface area contributed by atoms with Gasteiger partial charge in [0.1, 0.15) is 11.5 Å². The van der Waals surface area contributed by atoms with Crippen molar-refractivity contribution in [1.29, 1.82) is 0 Å². The van der Waals surface area contributed by atoms with Gasteiger partial charge < -0.3 is 13.9 Å². The zero-order valence-electron chi connectivity index (χ0n) is 15.2. The highest BCUT2D eigenvalue weighted by Crippen LogP contribution is 2.35. The molecule has 140 valence electrons. The van der Waals surface area contributed by atoms with Crippen LogP contribution >= 0.6 is 11.3 Å². The van der Waals surface area contributed by atoms with Gasteiger partial charge in [-0.15, -0.1) is 0 Å². The van der Waals surface area contributed by atoms with Crippen molar-refractivity contribution in [3.63, 3.8) is 0 Å². The summed E-state index contributed by atoms with van der Waals surface area (Å²) in [5.41, 5.74) is 3.59. The van der Waals surface area contributed by atoms with Gasteiger partial charge >= 0.3 is 10.9 Å². The van der Waals surface area contributed by atoms with Crippen LogP contribution in [0.2, 0.25) is 0 Å². The third-order valence-electron chi connectivity index (χ3n) is 4.31. The average Bonchev–Trinajstić information content (AvgIpc) is 3.08. The summed E-state index contributed by atoms with van der Waals surface area (Å²) in [4.78, 5) is 23.9. The molecule has 28 heavy (non-hydrogen) atoms. The number of benzene rings is 3. The van der Waals surface area contributed by atoms with Crippen LogP contribution < -0.4 is 14.4 Å². The van der Waals surface area contributed by atoms with Crippen molar-refractivity contribution in [2.45, 2.75) is 6.92 Å². The van der Waals surface area contributed by atoms with Crippen molar-refractivity contribution >= 4 is 27.6 Å². The molecule has 0 atom stereocenters.